The van der Waals surface area contributed by atoms with Crippen LogP contribution >= 0.6 is 11.6 Å². The van der Waals surface area contributed by atoms with Crippen molar-refractivity contribution in [3.8, 4) is 17.6 Å². The van der Waals surface area contributed by atoms with Gasteiger partial charge in [-0.1, -0.05) is 35.6 Å². The van der Waals surface area contributed by atoms with Crippen LogP contribution in [0.25, 0.3) is 0 Å². The smallest absolute Gasteiger partial charge is 0.274 e. The fourth-order valence-corrected chi connectivity index (χ4v) is 7.16. The van der Waals surface area contributed by atoms with Crippen LogP contribution in [0.2, 0.25) is 5.02 Å². The Bertz CT molecular complexity index is 1520. The van der Waals surface area contributed by atoms with Gasteiger partial charge in [-0.15, -0.1) is 0 Å². The molecule has 3 aliphatic carbocycles. The lowest BCUT2D eigenvalue weighted by atomic mass is 9.68. The second kappa shape index (κ2) is 10.5. The average molecular weight is 578 g/mol. The number of hydrogen-bond acceptors (Lipinski definition) is 5. The van der Waals surface area contributed by atoms with Crippen molar-refractivity contribution < 1.29 is 24.1 Å². The molecular formula is C32H33ClFN3O4. The van der Waals surface area contributed by atoms with Crippen LogP contribution in [0.3, 0.4) is 0 Å². The summed E-state index contributed by atoms with van der Waals surface area (Å²) in [7, 11) is 3.41. The molecule has 6 rings (SSSR count). The van der Waals surface area contributed by atoms with Crippen molar-refractivity contribution >= 4 is 23.2 Å². The van der Waals surface area contributed by atoms with E-state index in [9.17, 15) is 19.4 Å². The Kier molecular flexibility index (Phi) is 7.09. The Hall–Kier alpha value is -3.38. The molecule has 0 spiro atoms. The molecule has 0 bridgehead atoms. The molecule has 41 heavy (non-hydrogen) atoms. The van der Waals surface area contributed by atoms with Gasteiger partial charge in [0, 0.05) is 18.7 Å². The van der Waals surface area contributed by atoms with Crippen LogP contribution in [-0.2, 0) is 7.05 Å². The first-order chi connectivity index (χ1) is 19.5. The standard InChI is InChI=1S/C32H33ClFN3O4/c1-37-18-35-28(29(37)30(38)36-24-5-8-27(34)26(33)13-24)20-11-21-14-31(39,15-22(21)12-20)9-10-32(40)16-23(17-32)19-3-6-25(41-2)7-4-19/h3-8,13,18,20-23,39-40H,11-12,14-17H2,1-2H3,(H,36,38). The van der Waals surface area contributed by atoms with E-state index in [4.69, 9.17) is 16.3 Å². The molecule has 2 aromatic carbocycles. The number of aryl methyl sites for hydroxylation is 1. The number of anilines is 1. The van der Waals surface area contributed by atoms with Gasteiger partial charge >= 0.3 is 0 Å². The first-order valence-corrected chi connectivity index (χ1v) is 14.3. The largest absolute Gasteiger partial charge is 0.497 e. The number of methoxy groups -OCH3 is 1. The molecule has 1 heterocycles. The van der Waals surface area contributed by atoms with Gasteiger partial charge in [-0.25, -0.2) is 9.37 Å². The molecule has 2 unspecified atom stereocenters. The van der Waals surface area contributed by atoms with Gasteiger partial charge < -0.3 is 24.8 Å². The number of amides is 1. The van der Waals surface area contributed by atoms with Gasteiger partial charge in [0.2, 0.25) is 0 Å². The van der Waals surface area contributed by atoms with Gasteiger partial charge in [0.1, 0.15) is 28.5 Å². The maximum Gasteiger partial charge on any atom is 0.274 e. The number of hydrogen-bond donors (Lipinski definition) is 3. The Balaban J connectivity index is 1.08. The minimum Gasteiger partial charge on any atom is -0.497 e. The second-order valence-corrected chi connectivity index (χ2v) is 12.4. The minimum atomic E-state index is -1.12. The highest BCUT2D eigenvalue weighted by molar-refractivity contribution is 6.31. The van der Waals surface area contributed by atoms with Gasteiger partial charge in [-0.05, 0) is 92.2 Å². The molecule has 3 aliphatic rings. The molecule has 1 aromatic heterocycles. The number of aromatic nitrogens is 2. The molecule has 0 radical (unpaired) electrons. The maximum absolute atomic E-state index is 13.5. The SMILES string of the molecule is COc1ccc(C2CC(O)(C#CC3(O)CC4CC(c5ncn(C)c5C(=O)Nc5ccc(F)c(Cl)c5)CC4C3)C2)cc1. The molecule has 3 fully saturated rings. The summed E-state index contributed by atoms with van der Waals surface area (Å²) in [4.78, 5) is 17.7. The fraction of sp³-hybridized carbons (Fsp3) is 0.438. The van der Waals surface area contributed by atoms with Crippen LogP contribution in [0.5, 0.6) is 5.75 Å². The summed E-state index contributed by atoms with van der Waals surface area (Å²) in [5.41, 5.74) is 0.559. The van der Waals surface area contributed by atoms with E-state index in [0.717, 1.165) is 29.8 Å². The molecule has 3 N–H and O–H groups in total. The van der Waals surface area contributed by atoms with Crippen LogP contribution in [0, 0.1) is 29.5 Å². The van der Waals surface area contributed by atoms with E-state index in [0.29, 0.717) is 37.1 Å². The normalized spacial score (nSPS) is 30.2. The zero-order valence-corrected chi connectivity index (χ0v) is 23.8. The van der Waals surface area contributed by atoms with E-state index in [1.807, 2.05) is 24.3 Å². The lowest BCUT2D eigenvalue weighted by Gasteiger charge is -2.40. The van der Waals surface area contributed by atoms with Crippen LogP contribution in [0.4, 0.5) is 10.1 Å². The quantitative estimate of drug-likeness (QED) is 0.352. The second-order valence-electron chi connectivity index (χ2n) is 12.0. The van der Waals surface area contributed by atoms with E-state index >= 15 is 0 Å². The zero-order valence-electron chi connectivity index (χ0n) is 23.0. The monoisotopic (exact) mass is 577 g/mol. The predicted octanol–water partition coefficient (Wildman–Crippen LogP) is 5.42. The summed E-state index contributed by atoms with van der Waals surface area (Å²) >= 11 is 5.87. The Labute approximate surface area is 243 Å². The molecule has 3 aromatic rings. The van der Waals surface area contributed by atoms with E-state index in [2.05, 4.69) is 22.1 Å². The number of nitrogens with zero attached hydrogens (tertiary/aromatic N) is 2. The third-order valence-corrected chi connectivity index (χ3v) is 9.36. The summed E-state index contributed by atoms with van der Waals surface area (Å²) in [5.74, 6) is 6.85. The molecular weight excluding hydrogens is 545 g/mol. The summed E-state index contributed by atoms with van der Waals surface area (Å²) in [6.45, 7) is 0. The Morgan fingerprint density at radius 2 is 1.68 bits per heavy atom. The van der Waals surface area contributed by atoms with Crippen molar-refractivity contribution in [3.63, 3.8) is 0 Å². The molecule has 0 saturated heterocycles. The maximum atomic E-state index is 13.5. The highest BCUT2D eigenvalue weighted by Gasteiger charge is 2.50. The molecule has 0 aliphatic heterocycles. The van der Waals surface area contributed by atoms with Crippen LogP contribution in [0.15, 0.2) is 48.8 Å². The van der Waals surface area contributed by atoms with E-state index in [1.165, 1.54) is 18.2 Å². The highest BCUT2D eigenvalue weighted by atomic mass is 35.5. The van der Waals surface area contributed by atoms with Crippen molar-refractivity contribution in [3.05, 3.63) is 76.6 Å². The van der Waals surface area contributed by atoms with Crippen molar-refractivity contribution in [1.82, 2.24) is 9.55 Å². The minimum absolute atomic E-state index is 0.0614. The number of imidazole rings is 1. The number of halogens is 2. The number of carbonyl (C=O) groups excluding carboxylic acids is 1. The molecule has 1 amide bonds. The number of carbonyl (C=O) groups is 1. The Morgan fingerprint density at radius 3 is 2.29 bits per heavy atom. The third kappa shape index (κ3) is 5.46. The van der Waals surface area contributed by atoms with E-state index in [-0.39, 0.29) is 34.6 Å². The predicted molar refractivity (Wildman–Crippen MR) is 153 cm³/mol. The highest BCUT2D eigenvalue weighted by Crippen LogP contribution is 2.54. The lowest BCUT2D eigenvalue weighted by molar-refractivity contribution is 0.00463. The van der Waals surface area contributed by atoms with Gasteiger partial charge in [0.15, 0.2) is 0 Å². The number of benzene rings is 2. The summed E-state index contributed by atoms with van der Waals surface area (Å²) < 4.78 is 20.5. The van der Waals surface area contributed by atoms with Crippen LogP contribution in [-0.4, -0.2) is 44.0 Å². The molecule has 9 heteroatoms. The Morgan fingerprint density at radius 1 is 1.05 bits per heavy atom. The molecule has 7 nitrogen and oxygen atoms in total. The van der Waals surface area contributed by atoms with Crippen LogP contribution in [0.1, 0.15) is 72.1 Å². The first-order valence-electron chi connectivity index (χ1n) is 14.0. The van der Waals surface area contributed by atoms with Crippen molar-refractivity contribution in [1.29, 1.82) is 0 Å². The molecule has 214 valence electrons. The number of ether oxygens (including phenoxy) is 1. The van der Waals surface area contributed by atoms with E-state index < -0.39 is 17.0 Å². The van der Waals surface area contributed by atoms with Gasteiger partial charge in [0.05, 0.1) is 24.2 Å². The van der Waals surface area contributed by atoms with Crippen LogP contribution < -0.4 is 10.1 Å². The first kappa shape index (κ1) is 27.8. The van der Waals surface area contributed by atoms with Gasteiger partial charge in [0.25, 0.3) is 5.91 Å². The van der Waals surface area contributed by atoms with Crippen molar-refractivity contribution in [2.45, 2.75) is 61.6 Å². The number of nitrogens with one attached hydrogen (secondary N) is 1. The van der Waals surface area contributed by atoms with Crippen molar-refractivity contribution in [2.75, 3.05) is 12.4 Å². The molecule has 2 atom stereocenters. The fourth-order valence-electron chi connectivity index (χ4n) is 6.98. The topological polar surface area (TPSA) is 96.6 Å². The van der Waals surface area contributed by atoms with Crippen molar-refractivity contribution in [2.24, 2.45) is 18.9 Å². The average Bonchev–Trinajstić information content (AvgIpc) is 3.59. The third-order valence-electron chi connectivity index (χ3n) is 9.07. The summed E-state index contributed by atoms with van der Waals surface area (Å²) in [6, 6.07) is 12.0. The number of fused-ring (bicyclic) bond motifs is 1. The summed E-state index contributed by atoms with van der Waals surface area (Å²) in [5, 5.41) is 25.0. The zero-order chi connectivity index (χ0) is 28.9. The van der Waals surface area contributed by atoms with Gasteiger partial charge in [-0.2, -0.15) is 0 Å². The van der Waals surface area contributed by atoms with E-state index in [1.54, 1.807) is 25.1 Å². The van der Waals surface area contributed by atoms with Gasteiger partial charge in [-0.3, -0.25) is 4.79 Å². The molecule has 3 saturated carbocycles. The summed E-state index contributed by atoms with van der Waals surface area (Å²) in [6.07, 6.45) is 5.42. The number of rotatable bonds is 5. The number of aliphatic hydroxyl groups is 2. The lowest BCUT2D eigenvalue weighted by Crippen LogP contribution is -2.41.